The van der Waals surface area contributed by atoms with Gasteiger partial charge in [-0.25, -0.2) is 0 Å². The Bertz CT molecular complexity index is 598. The molecule has 10 heteroatoms. The molecule has 1 rings (SSSR count). The number of nitrogens with one attached hydrogen (secondary N) is 1. The number of primary amides is 1. The van der Waals surface area contributed by atoms with Crippen LogP contribution in [0.1, 0.15) is 5.56 Å². The van der Waals surface area contributed by atoms with Crippen LogP contribution in [0.25, 0.3) is 0 Å². The van der Waals surface area contributed by atoms with Crippen LogP contribution in [0.15, 0.2) is 17.1 Å². The van der Waals surface area contributed by atoms with Crippen LogP contribution in [0.5, 0.6) is 0 Å². The van der Waals surface area contributed by atoms with Gasteiger partial charge < -0.3 is 15.6 Å². The molecule has 0 saturated carbocycles. The minimum Gasteiger partial charge on any atom is -0.368 e. The topological polar surface area (TPSA) is 94.2 Å². The van der Waals surface area contributed by atoms with Gasteiger partial charge in [-0.3, -0.25) is 14.4 Å². The molecule has 6 nitrogen and oxygen atoms in total. The van der Waals surface area contributed by atoms with E-state index in [0.29, 0.717) is 16.8 Å². The molecule has 1 aromatic heterocycles. The zero-order valence-electron chi connectivity index (χ0n) is 9.83. The summed E-state index contributed by atoms with van der Waals surface area (Å²) in [6.45, 7) is -1.20. The first-order valence-electron chi connectivity index (χ1n) is 5.13. The van der Waals surface area contributed by atoms with Gasteiger partial charge in [-0.1, -0.05) is 11.6 Å². The van der Waals surface area contributed by atoms with Gasteiger partial charge in [0, 0.05) is 6.20 Å². The van der Waals surface area contributed by atoms with E-state index in [0.717, 1.165) is 0 Å². The number of nitrogens with two attached hydrogens (primary N) is 1. The van der Waals surface area contributed by atoms with Gasteiger partial charge in [0.2, 0.25) is 11.8 Å². The summed E-state index contributed by atoms with van der Waals surface area (Å²) in [6, 6.07) is 0.474. The van der Waals surface area contributed by atoms with Gasteiger partial charge in [0.1, 0.15) is 11.6 Å². The van der Waals surface area contributed by atoms with Crippen molar-refractivity contribution in [3.05, 3.63) is 33.2 Å². The number of carbonyl (C=O) groups is 2. The third kappa shape index (κ3) is 4.26. The second kappa shape index (κ2) is 5.95. The highest BCUT2D eigenvalue weighted by Crippen LogP contribution is 2.29. The maximum atomic E-state index is 12.5. The zero-order chi connectivity index (χ0) is 15.5. The molecule has 20 heavy (non-hydrogen) atoms. The summed E-state index contributed by atoms with van der Waals surface area (Å²) >= 11 is 5.40. The lowest BCUT2D eigenvalue weighted by Gasteiger charge is -2.11. The minimum absolute atomic E-state index is 0.470. The molecule has 0 atom stereocenters. The Labute approximate surface area is 115 Å². The van der Waals surface area contributed by atoms with Crippen molar-refractivity contribution in [3.8, 4) is 0 Å². The third-order valence-corrected chi connectivity index (χ3v) is 2.41. The number of alkyl halides is 3. The second-order valence-electron chi connectivity index (χ2n) is 3.75. The molecule has 0 radical (unpaired) electrons. The maximum Gasteiger partial charge on any atom is 0.417 e. The van der Waals surface area contributed by atoms with Gasteiger partial charge in [0.15, 0.2) is 0 Å². The molecule has 0 saturated heterocycles. The molecular formula is C10H9ClF3N3O3. The van der Waals surface area contributed by atoms with Crippen LogP contribution in [0.3, 0.4) is 0 Å². The van der Waals surface area contributed by atoms with Gasteiger partial charge in [0.25, 0.3) is 5.56 Å². The van der Waals surface area contributed by atoms with Gasteiger partial charge in [-0.2, -0.15) is 13.2 Å². The number of hydrogen-bond donors (Lipinski definition) is 2. The first-order chi connectivity index (χ1) is 9.11. The predicted octanol–water partition coefficient (Wildman–Crippen LogP) is 0.122. The van der Waals surface area contributed by atoms with Crippen molar-refractivity contribution < 1.29 is 22.8 Å². The van der Waals surface area contributed by atoms with Crippen LogP contribution in [0.4, 0.5) is 13.2 Å². The van der Waals surface area contributed by atoms with E-state index in [1.807, 2.05) is 5.32 Å². The number of carbonyl (C=O) groups excluding carboxylic acids is 2. The molecule has 0 bridgehead atoms. The monoisotopic (exact) mass is 311 g/mol. The molecule has 0 aliphatic rings. The largest absolute Gasteiger partial charge is 0.417 e. The Morgan fingerprint density at radius 3 is 2.50 bits per heavy atom. The Hall–Kier alpha value is -2.03. The van der Waals surface area contributed by atoms with Crippen LogP contribution < -0.4 is 16.6 Å². The molecule has 110 valence electrons. The lowest BCUT2D eigenvalue weighted by atomic mass is 10.2. The highest BCUT2D eigenvalue weighted by Gasteiger charge is 2.32. The van der Waals surface area contributed by atoms with E-state index in [4.69, 9.17) is 17.3 Å². The second-order valence-corrected chi connectivity index (χ2v) is 4.16. The summed E-state index contributed by atoms with van der Waals surface area (Å²) in [5.41, 5.74) is 2.66. The van der Waals surface area contributed by atoms with Crippen molar-refractivity contribution in [1.82, 2.24) is 9.88 Å². The van der Waals surface area contributed by atoms with Crippen LogP contribution in [0, 0.1) is 0 Å². The number of amides is 2. The number of nitrogens with zero attached hydrogens (tertiary/aromatic N) is 1. The molecule has 0 aliphatic heterocycles. The Morgan fingerprint density at radius 2 is 2.00 bits per heavy atom. The summed E-state index contributed by atoms with van der Waals surface area (Å²) in [5.74, 6) is -1.67. The average Bonchev–Trinajstić information content (AvgIpc) is 2.30. The first kappa shape index (κ1) is 16.0. The fraction of sp³-hybridized carbons (Fsp3) is 0.300. The van der Waals surface area contributed by atoms with Crippen molar-refractivity contribution in [1.29, 1.82) is 0 Å². The van der Waals surface area contributed by atoms with Gasteiger partial charge in [-0.05, 0) is 6.07 Å². The van der Waals surface area contributed by atoms with Crippen molar-refractivity contribution >= 4 is 23.4 Å². The number of rotatable bonds is 4. The molecule has 3 N–H and O–H groups in total. The fourth-order valence-electron chi connectivity index (χ4n) is 1.27. The van der Waals surface area contributed by atoms with Gasteiger partial charge in [-0.15, -0.1) is 0 Å². The molecule has 0 spiro atoms. The van der Waals surface area contributed by atoms with E-state index in [-0.39, 0.29) is 0 Å². The molecule has 0 fully saturated rings. The van der Waals surface area contributed by atoms with E-state index in [1.54, 1.807) is 0 Å². The van der Waals surface area contributed by atoms with E-state index >= 15 is 0 Å². The van der Waals surface area contributed by atoms with Crippen LogP contribution in [-0.2, 0) is 22.3 Å². The number of pyridine rings is 1. The molecule has 0 aliphatic carbocycles. The lowest BCUT2D eigenvalue weighted by Crippen LogP contribution is -2.37. The highest BCUT2D eigenvalue weighted by molar-refractivity contribution is 6.30. The third-order valence-electron chi connectivity index (χ3n) is 2.14. The quantitative estimate of drug-likeness (QED) is 0.827. The Kier molecular flexibility index (Phi) is 4.77. The summed E-state index contributed by atoms with van der Waals surface area (Å²) in [6.07, 6.45) is -4.24. The Balaban J connectivity index is 3.00. The molecular weight excluding hydrogens is 303 g/mol. The first-order valence-corrected chi connectivity index (χ1v) is 5.51. The minimum atomic E-state index is -4.71. The zero-order valence-corrected chi connectivity index (χ0v) is 10.6. The van der Waals surface area contributed by atoms with E-state index in [1.165, 1.54) is 0 Å². The van der Waals surface area contributed by atoms with Crippen LogP contribution in [0.2, 0.25) is 5.02 Å². The summed E-state index contributed by atoms with van der Waals surface area (Å²) in [7, 11) is 0. The number of halogens is 4. The van der Waals surface area contributed by atoms with Crippen molar-refractivity contribution in [2.45, 2.75) is 12.7 Å². The van der Waals surface area contributed by atoms with E-state index in [9.17, 15) is 27.6 Å². The standard InChI is InChI=1S/C10H9ClF3N3O3/c11-6-1-5(10(12,13)14)3-17(9(6)20)4-8(19)16-2-7(15)18/h1,3H,2,4H2,(H2,15,18)(H,16,19). The van der Waals surface area contributed by atoms with Crippen molar-refractivity contribution in [2.75, 3.05) is 6.54 Å². The van der Waals surface area contributed by atoms with Gasteiger partial charge in [0.05, 0.1) is 12.1 Å². The van der Waals surface area contributed by atoms with Crippen LogP contribution >= 0.6 is 11.6 Å². The molecule has 0 unspecified atom stereocenters. The molecule has 1 aromatic rings. The van der Waals surface area contributed by atoms with E-state index < -0.39 is 47.2 Å². The Morgan fingerprint density at radius 1 is 1.40 bits per heavy atom. The smallest absolute Gasteiger partial charge is 0.368 e. The molecule has 1 heterocycles. The van der Waals surface area contributed by atoms with Crippen molar-refractivity contribution in [3.63, 3.8) is 0 Å². The molecule has 0 aromatic carbocycles. The molecule has 2 amide bonds. The number of hydrogen-bond acceptors (Lipinski definition) is 3. The summed E-state index contributed by atoms with van der Waals surface area (Å²) < 4.78 is 38.1. The SMILES string of the molecule is NC(=O)CNC(=O)Cn1cc(C(F)(F)F)cc(Cl)c1=O. The average molecular weight is 312 g/mol. The number of aromatic nitrogens is 1. The van der Waals surface area contributed by atoms with E-state index in [2.05, 4.69) is 0 Å². The van der Waals surface area contributed by atoms with Crippen LogP contribution in [-0.4, -0.2) is 22.9 Å². The van der Waals surface area contributed by atoms with Crippen molar-refractivity contribution in [2.24, 2.45) is 5.73 Å². The maximum absolute atomic E-state index is 12.5. The fourth-order valence-corrected chi connectivity index (χ4v) is 1.49. The predicted molar refractivity (Wildman–Crippen MR) is 62.9 cm³/mol. The lowest BCUT2D eigenvalue weighted by molar-refractivity contribution is -0.138. The highest BCUT2D eigenvalue weighted by atomic mass is 35.5. The normalized spacial score (nSPS) is 11.2. The summed E-state index contributed by atoms with van der Waals surface area (Å²) in [5, 5.41) is 1.37. The van der Waals surface area contributed by atoms with Gasteiger partial charge >= 0.3 is 6.18 Å². The summed E-state index contributed by atoms with van der Waals surface area (Å²) in [4.78, 5) is 33.3.